The fraction of sp³-hybridized carbons (Fsp3) is 0.294. The van der Waals surface area contributed by atoms with E-state index in [2.05, 4.69) is 10.3 Å². The van der Waals surface area contributed by atoms with E-state index in [1.807, 2.05) is 37.3 Å². The van der Waals surface area contributed by atoms with E-state index in [-0.39, 0.29) is 34.3 Å². The number of nitrogens with zero attached hydrogens (tertiary/aromatic N) is 1. The van der Waals surface area contributed by atoms with Crippen LogP contribution < -0.4 is 5.32 Å². The second-order valence-corrected chi connectivity index (χ2v) is 6.11. The Morgan fingerprint density at radius 2 is 1.96 bits per heavy atom. The lowest BCUT2D eigenvalue weighted by Gasteiger charge is -2.15. The number of thioether (sulfide) groups is 1. The third-order valence-corrected chi connectivity index (χ3v) is 4.03. The van der Waals surface area contributed by atoms with Crippen molar-refractivity contribution in [3.63, 3.8) is 0 Å². The Morgan fingerprint density at radius 3 is 2.65 bits per heavy atom. The number of halogens is 2. The Labute approximate surface area is 138 Å². The Morgan fingerprint density at radius 1 is 1.22 bits per heavy atom. The van der Waals surface area contributed by atoms with E-state index in [0.717, 1.165) is 12.8 Å². The van der Waals surface area contributed by atoms with Gasteiger partial charge in [0.1, 0.15) is 5.03 Å². The summed E-state index contributed by atoms with van der Waals surface area (Å²) >= 11 is 0.285. The molecule has 1 heterocycles. The van der Waals surface area contributed by atoms with Gasteiger partial charge >= 0.3 is 0 Å². The van der Waals surface area contributed by atoms with Crippen LogP contribution in [0.4, 0.5) is 8.78 Å². The summed E-state index contributed by atoms with van der Waals surface area (Å²) in [4.78, 5) is 16.1. The first-order chi connectivity index (χ1) is 11.1. The second-order valence-electron chi connectivity index (χ2n) is 5.13. The number of alkyl halides is 2. The molecule has 0 radical (unpaired) electrons. The van der Waals surface area contributed by atoms with Gasteiger partial charge in [0.2, 0.25) is 0 Å². The first-order valence-electron chi connectivity index (χ1n) is 7.31. The Hall–Kier alpha value is -1.95. The normalized spacial score (nSPS) is 12.2. The topological polar surface area (TPSA) is 42.0 Å². The molecule has 122 valence electrons. The van der Waals surface area contributed by atoms with Crippen molar-refractivity contribution in [3.05, 3.63) is 59.8 Å². The van der Waals surface area contributed by atoms with Crippen molar-refractivity contribution in [1.29, 1.82) is 0 Å². The highest BCUT2D eigenvalue weighted by atomic mass is 32.2. The number of rotatable bonds is 7. The number of hydrogen-bond donors (Lipinski definition) is 1. The lowest BCUT2D eigenvalue weighted by molar-refractivity contribution is 0.0934. The maximum atomic E-state index is 12.5. The number of aryl methyl sites for hydroxylation is 1. The molecule has 1 aromatic heterocycles. The van der Waals surface area contributed by atoms with Crippen molar-refractivity contribution >= 4 is 17.7 Å². The standard InChI is InChI=1S/C17H18F2N2OS/c1-12(9-10-13-6-3-2-4-7-13)21-15(22)14-8-5-11-20-16(14)23-17(18)19/h2-8,11-12,17H,9-10H2,1H3,(H,21,22). The van der Waals surface area contributed by atoms with Gasteiger partial charge in [0.25, 0.3) is 11.7 Å². The number of benzene rings is 1. The van der Waals surface area contributed by atoms with E-state index in [9.17, 15) is 13.6 Å². The molecule has 0 aliphatic rings. The maximum Gasteiger partial charge on any atom is 0.290 e. The molecular weight excluding hydrogens is 318 g/mol. The van der Waals surface area contributed by atoms with Crippen LogP contribution in [0.25, 0.3) is 0 Å². The monoisotopic (exact) mass is 336 g/mol. The highest BCUT2D eigenvalue weighted by Gasteiger charge is 2.17. The van der Waals surface area contributed by atoms with Crippen molar-refractivity contribution in [3.8, 4) is 0 Å². The van der Waals surface area contributed by atoms with Gasteiger partial charge in [-0.25, -0.2) is 4.98 Å². The number of pyridine rings is 1. The molecule has 1 amide bonds. The summed E-state index contributed by atoms with van der Waals surface area (Å²) in [5, 5.41) is 2.89. The highest BCUT2D eigenvalue weighted by Crippen LogP contribution is 2.26. The van der Waals surface area contributed by atoms with Gasteiger partial charge in [0.05, 0.1) is 5.56 Å². The van der Waals surface area contributed by atoms with Gasteiger partial charge in [-0.3, -0.25) is 4.79 Å². The van der Waals surface area contributed by atoms with Crippen molar-refractivity contribution in [1.82, 2.24) is 10.3 Å². The molecule has 0 spiro atoms. The Bertz CT molecular complexity index is 638. The number of aromatic nitrogens is 1. The summed E-state index contributed by atoms with van der Waals surface area (Å²) in [6, 6.07) is 13.0. The van der Waals surface area contributed by atoms with Crippen LogP contribution in [-0.2, 0) is 6.42 Å². The fourth-order valence-corrected chi connectivity index (χ4v) is 2.72. The van der Waals surface area contributed by atoms with Crippen LogP contribution in [0.3, 0.4) is 0 Å². The molecule has 6 heteroatoms. The summed E-state index contributed by atoms with van der Waals surface area (Å²) in [6.45, 7) is 1.90. The molecule has 2 rings (SSSR count). The largest absolute Gasteiger partial charge is 0.349 e. The highest BCUT2D eigenvalue weighted by molar-refractivity contribution is 7.99. The summed E-state index contributed by atoms with van der Waals surface area (Å²) in [7, 11) is 0. The lowest BCUT2D eigenvalue weighted by atomic mass is 10.1. The number of nitrogens with one attached hydrogen (secondary N) is 1. The van der Waals surface area contributed by atoms with Gasteiger partial charge in [0, 0.05) is 12.2 Å². The molecule has 0 bridgehead atoms. The Kier molecular flexibility index (Phi) is 6.52. The van der Waals surface area contributed by atoms with Crippen LogP contribution in [0.1, 0.15) is 29.3 Å². The molecular formula is C17H18F2N2OS. The van der Waals surface area contributed by atoms with Crippen molar-refractivity contribution in [2.45, 2.75) is 36.6 Å². The molecule has 0 aliphatic heterocycles. The summed E-state index contributed by atoms with van der Waals surface area (Å²) in [6.07, 6.45) is 3.02. The number of hydrogen-bond acceptors (Lipinski definition) is 3. The molecule has 23 heavy (non-hydrogen) atoms. The van der Waals surface area contributed by atoms with Crippen LogP contribution in [0.5, 0.6) is 0 Å². The van der Waals surface area contributed by atoms with E-state index in [4.69, 9.17) is 0 Å². The van der Waals surface area contributed by atoms with Crippen LogP contribution in [0.15, 0.2) is 53.7 Å². The molecule has 1 aromatic carbocycles. The number of carbonyl (C=O) groups excluding carboxylic acids is 1. The van der Waals surface area contributed by atoms with Gasteiger partial charge in [-0.15, -0.1) is 0 Å². The van der Waals surface area contributed by atoms with Gasteiger partial charge in [-0.1, -0.05) is 30.3 Å². The molecule has 1 unspecified atom stereocenters. The van der Waals surface area contributed by atoms with Gasteiger partial charge in [-0.2, -0.15) is 8.78 Å². The average Bonchev–Trinajstić information content (AvgIpc) is 2.54. The van der Waals surface area contributed by atoms with Crippen LogP contribution >= 0.6 is 11.8 Å². The van der Waals surface area contributed by atoms with Crippen molar-refractivity contribution in [2.75, 3.05) is 0 Å². The molecule has 0 saturated carbocycles. The zero-order chi connectivity index (χ0) is 16.7. The van der Waals surface area contributed by atoms with Crippen LogP contribution in [0.2, 0.25) is 0 Å². The minimum Gasteiger partial charge on any atom is -0.349 e. The molecule has 0 fully saturated rings. The molecule has 3 nitrogen and oxygen atoms in total. The quantitative estimate of drug-likeness (QED) is 0.773. The molecule has 2 aromatic rings. The zero-order valence-corrected chi connectivity index (χ0v) is 13.5. The zero-order valence-electron chi connectivity index (χ0n) is 12.7. The predicted molar refractivity (Wildman–Crippen MR) is 87.8 cm³/mol. The molecule has 0 aliphatic carbocycles. The fourth-order valence-electron chi connectivity index (χ4n) is 2.14. The lowest BCUT2D eigenvalue weighted by Crippen LogP contribution is -2.33. The third kappa shape index (κ3) is 5.63. The van der Waals surface area contributed by atoms with E-state index in [0.29, 0.717) is 0 Å². The third-order valence-electron chi connectivity index (χ3n) is 3.30. The number of carbonyl (C=O) groups is 1. The van der Waals surface area contributed by atoms with Crippen LogP contribution in [0, 0.1) is 0 Å². The molecule has 0 saturated heterocycles. The summed E-state index contributed by atoms with van der Waals surface area (Å²) in [5.41, 5.74) is 1.38. The van der Waals surface area contributed by atoms with Gasteiger partial charge < -0.3 is 5.32 Å². The maximum absolute atomic E-state index is 12.5. The molecule has 1 N–H and O–H groups in total. The minimum absolute atomic E-state index is 0.0512. The minimum atomic E-state index is -2.60. The predicted octanol–water partition coefficient (Wildman–Crippen LogP) is 4.15. The average molecular weight is 336 g/mol. The number of amides is 1. The van der Waals surface area contributed by atoms with E-state index >= 15 is 0 Å². The van der Waals surface area contributed by atoms with Crippen molar-refractivity contribution in [2.24, 2.45) is 0 Å². The van der Waals surface area contributed by atoms with E-state index in [1.165, 1.54) is 17.8 Å². The SMILES string of the molecule is CC(CCc1ccccc1)NC(=O)c1cccnc1SC(F)F. The van der Waals surface area contributed by atoms with Crippen LogP contribution in [-0.4, -0.2) is 22.7 Å². The summed E-state index contributed by atoms with van der Waals surface area (Å²) < 4.78 is 25.1. The molecule has 1 atom stereocenters. The Balaban J connectivity index is 1.93. The van der Waals surface area contributed by atoms with E-state index in [1.54, 1.807) is 6.07 Å². The second kappa shape index (κ2) is 8.62. The summed E-state index contributed by atoms with van der Waals surface area (Å²) in [5.74, 6) is -2.98. The first kappa shape index (κ1) is 17.4. The smallest absolute Gasteiger partial charge is 0.290 e. The first-order valence-corrected chi connectivity index (χ1v) is 8.19. The van der Waals surface area contributed by atoms with Gasteiger partial charge in [0.15, 0.2) is 0 Å². The van der Waals surface area contributed by atoms with Crippen molar-refractivity contribution < 1.29 is 13.6 Å². The van der Waals surface area contributed by atoms with E-state index < -0.39 is 5.76 Å². The van der Waals surface area contributed by atoms with Gasteiger partial charge in [-0.05, 0) is 49.2 Å².